The second-order valence-corrected chi connectivity index (χ2v) is 10.9. The Kier molecular flexibility index (Phi) is 5.74. The average Bonchev–Trinajstić information content (AvgIpc) is 3.15. The van der Waals surface area contributed by atoms with E-state index < -0.39 is 27.5 Å². The van der Waals surface area contributed by atoms with Crippen molar-refractivity contribution in [1.82, 2.24) is 14.4 Å². The van der Waals surface area contributed by atoms with Gasteiger partial charge in [-0.05, 0) is 38.1 Å². The molecule has 0 saturated heterocycles. The molecule has 1 unspecified atom stereocenters. The maximum absolute atomic E-state index is 15.1. The lowest BCUT2D eigenvalue weighted by Crippen LogP contribution is -2.44. The van der Waals surface area contributed by atoms with Crippen LogP contribution in [0.3, 0.4) is 0 Å². The first-order valence-electron chi connectivity index (χ1n) is 11.1. The lowest BCUT2D eigenvalue weighted by molar-refractivity contribution is -0.125. The summed E-state index contributed by atoms with van der Waals surface area (Å²) in [6.07, 6.45) is 3.66. The standard InChI is InChI=1S/C25H23F2N5O3S/c1-14-21(13-32-20-7-5-6-18(26)24(20)35-15(2)25(32)33)31-12-17(19(27)10-22(31)30-14)16-8-9-23(29-11-16)36(4,34)28-3/h5-12,15H,13H2,1-4H3/t15-,36?/m1/s1. The van der Waals surface area contributed by atoms with Crippen LogP contribution in [0, 0.1) is 18.6 Å². The first-order chi connectivity index (χ1) is 17.1. The third kappa shape index (κ3) is 3.89. The van der Waals surface area contributed by atoms with E-state index in [-0.39, 0.29) is 23.8 Å². The zero-order valence-corrected chi connectivity index (χ0v) is 20.8. The molecule has 4 heterocycles. The van der Waals surface area contributed by atoms with E-state index in [1.54, 1.807) is 42.6 Å². The smallest absolute Gasteiger partial charge is 0.268 e. The molecule has 0 N–H and O–H groups in total. The Balaban J connectivity index is 1.60. The van der Waals surface area contributed by atoms with Crippen molar-refractivity contribution in [1.29, 1.82) is 0 Å². The van der Waals surface area contributed by atoms with Gasteiger partial charge in [0.15, 0.2) is 17.7 Å². The van der Waals surface area contributed by atoms with Crippen LogP contribution in [0.1, 0.15) is 18.3 Å². The number of aryl methyl sites for hydroxylation is 1. The number of anilines is 1. The van der Waals surface area contributed by atoms with Gasteiger partial charge in [-0.15, -0.1) is 0 Å². The predicted molar refractivity (Wildman–Crippen MR) is 131 cm³/mol. The molecule has 1 aliphatic heterocycles. The van der Waals surface area contributed by atoms with Crippen molar-refractivity contribution in [2.75, 3.05) is 18.2 Å². The number of benzene rings is 1. The fourth-order valence-corrected chi connectivity index (χ4v) is 4.95. The maximum atomic E-state index is 15.1. The van der Waals surface area contributed by atoms with Gasteiger partial charge in [-0.1, -0.05) is 6.07 Å². The molecule has 1 aromatic carbocycles. The normalized spacial score (nSPS) is 17.0. The maximum Gasteiger partial charge on any atom is 0.268 e. The van der Waals surface area contributed by atoms with Gasteiger partial charge in [0, 0.05) is 42.9 Å². The second-order valence-electron chi connectivity index (χ2n) is 8.55. The SMILES string of the molecule is CN=S(C)(=O)c1ccc(-c2cn3c(CN4C(=O)[C@@H](C)Oc5c(F)cccc54)c(C)nc3cc2F)cn1. The van der Waals surface area contributed by atoms with Gasteiger partial charge in [0.05, 0.1) is 33.3 Å². The van der Waals surface area contributed by atoms with Gasteiger partial charge >= 0.3 is 0 Å². The molecule has 0 saturated carbocycles. The minimum atomic E-state index is -2.62. The minimum absolute atomic E-state index is 0.0142. The van der Waals surface area contributed by atoms with Gasteiger partial charge in [-0.3, -0.25) is 9.69 Å². The van der Waals surface area contributed by atoms with Crippen LogP contribution in [0.4, 0.5) is 14.5 Å². The van der Waals surface area contributed by atoms with Gasteiger partial charge in [0.2, 0.25) is 0 Å². The Morgan fingerprint density at radius 3 is 2.67 bits per heavy atom. The van der Waals surface area contributed by atoms with Crippen LogP contribution < -0.4 is 9.64 Å². The minimum Gasteiger partial charge on any atom is -0.476 e. The molecule has 2 atom stereocenters. The van der Waals surface area contributed by atoms with E-state index in [0.29, 0.717) is 33.3 Å². The summed E-state index contributed by atoms with van der Waals surface area (Å²) in [5, 5.41) is 0.306. The molecule has 1 amide bonds. The summed E-state index contributed by atoms with van der Waals surface area (Å²) in [5.41, 5.74) is 2.65. The predicted octanol–water partition coefficient (Wildman–Crippen LogP) is 4.38. The van der Waals surface area contributed by atoms with Crippen molar-refractivity contribution < 1.29 is 22.5 Å². The Labute approximate surface area is 206 Å². The molecule has 36 heavy (non-hydrogen) atoms. The number of halogens is 2. The number of para-hydroxylation sites is 1. The van der Waals surface area contributed by atoms with Gasteiger partial charge < -0.3 is 9.14 Å². The number of pyridine rings is 2. The van der Waals surface area contributed by atoms with Crippen molar-refractivity contribution in [3.05, 3.63) is 71.8 Å². The van der Waals surface area contributed by atoms with Crippen LogP contribution in [0.25, 0.3) is 16.8 Å². The summed E-state index contributed by atoms with van der Waals surface area (Å²) >= 11 is 0. The number of fused-ring (bicyclic) bond motifs is 2. The lowest BCUT2D eigenvalue weighted by atomic mass is 10.1. The highest BCUT2D eigenvalue weighted by atomic mass is 32.2. The molecule has 1 aliphatic rings. The Bertz CT molecular complexity index is 1640. The van der Waals surface area contributed by atoms with E-state index in [2.05, 4.69) is 14.3 Å². The fraction of sp³-hybridized carbons (Fsp3) is 0.240. The van der Waals surface area contributed by atoms with Crippen LogP contribution in [0.2, 0.25) is 0 Å². The summed E-state index contributed by atoms with van der Waals surface area (Å²) < 4.78 is 53.0. The molecule has 8 nitrogen and oxygen atoms in total. The topological polar surface area (TPSA) is 89.2 Å². The molecule has 5 rings (SSSR count). The monoisotopic (exact) mass is 511 g/mol. The van der Waals surface area contributed by atoms with Crippen LogP contribution in [-0.2, 0) is 21.1 Å². The molecule has 0 spiro atoms. The van der Waals surface area contributed by atoms with E-state index >= 15 is 4.39 Å². The molecule has 0 radical (unpaired) electrons. The number of hydrogen-bond acceptors (Lipinski definition) is 6. The largest absolute Gasteiger partial charge is 0.476 e. The number of imidazole rings is 1. The number of rotatable bonds is 4. The van der Waals surface area contributed by atoms with Crippen LogP contribution in [0.5, 0.6) is 5.75 Å². The summed E-state index contributed by atoms with van der Waals surface area (Å²) in [4.78, 5) is 23.1. The summed E-state index contributed by atoms with van der Waals surface area (Å²) in [6.45, 7) is 3.41. The molecule has 11 heteroatoms. The number of amides is 1. The van der Waals surface area contributed by atoms with Crippen molar-refractivity contribution in [2.45, 2.75) is 31.5 Å². The van der Waals surface area contributed by atoms with Crippen LogP contribution in [0.15, 0.2) is 58.2 Å². The molecule has 0 aliphatic carbocycles. The quantitative estimate of drug-likeness (QED) is 0.406. The van der Waals surface area contributed by atoms with Crippen molar-refractivity contribution in [2.24, 2.45) is 4.36 Å². The van der Waals surface area contributed by atoms with Gasteiger partial charge in [-0.25, -0.2) is 27.3 Å². The fourth-order valence-electron chi connectivity index (χ4n) is 4.20. The molecular weight excluding hydrogens is 488 g/mol. The van der Waals surface area contributed by atoms with Gasteiger partial charge in [-0.2, -0.15) is 0 Å². The molecular formula is C25H23F2N5O3S. The van der Waals surface area contributed by atoms with Crippen molar-refractivity contribution >= 4 is 27.0 Å². The average molecular weight is 512 g/mol. The third-order valence-electron chi connectivity index (χ3n) is 6.25. The zero-order valence-electron chi connectivity index (χ0n) is 20.0. The van der Waals surface area contributed by atoms with Crippen LogP contribution >= 0.6 is 0 Å². The first-order valence-corrected chi connectivity index (χ1v) is 13.0. The van der Waals surface area contributed by atoms with E-state index in [4.69, 9.17) is 4.74 Å². The van der Waals surface area contributed by atoms with Crippen molar-refractivity contribution in [3.63, 3.8) is 0 Å². The number of hydrogen-bond donors (Lipinski definition) is 0. The molecule has 0 fully saturated rings. The molecule has 186 valence electrons. The highest BCUT2D eigenvalue weighted by Gasteiger charge is 2.34. The van der Waals surface area contributed by atoms with Gasteiger partial charge in [0.25, 0.3) is 5.91 Å². The van der Waals surface area contributed by atoms with Crippen molar-refractivity contribution in [3.8, 4) is 16.9 Å². The highest BCUT2D eigenvalue weighted by molar-refractivity contribution is 7.92. The Morgan fingerprint density at radius 2 is 1.97 bits per heavy atom. The highest BCUT2D eigenvalue weighted by Crippen LogP contribution is 2.37. The van der Waals surface area contributed by atoms with E-state index in [1.807, 2.05) is 0 Å². The third-order valence-corrected chi connectivity index (χ3v) is 7.96. The summed E-state index contributed by atoms with van der Waals surface area (Å²) in [5.74, 6) is -1.37. The van der Waals surface area contributed by atoms with Gasteiger partial charge in [0.1, 0.15) is 16.5 Å². The number of aromatic nitrogens is 3. The van der Waals surface area contributed by atoms with E-state index in [9.17, 15) is 13.4 Å². The number of carbonyl (C=O) groups is 1. The number of nitrogens with zero attached hydrogens (tertiary/aromatic N) is 5. The first kappa shape index (κ1) is 23.9. The zero-order chi connectivity index (χ0) is 25.8. The second kappa shape index (κ2) is 8.66. The molecule has 0 bridgehead atoms. The summed E-state index contributed by atoms with van der Waals surface area (Å²) in [7, 11) is -1.16. The number of carbonyl (C=O) groups excluding carboxylic acids is 1. The lowest BCUT2D eigenvalue weighted by Gasteiger charge is -2.33. The number of ether oxygens (including phenoxy) is 1. The Morgan fingerprint density at radius 1 is 1.19 bits per heavy atom. The molecule has 4 aromatic rings. The van der Waals surface area contributed by atoms with Crippen LogP contribution in [-0.4, -0.2) is 43.9 Å². The van der Waals surface area contributed by atoms with E-state index in [1.165, 1.54) is 42.6 Å². The van der Waals surface area contributed by atoms with E-state index in [0.717, 1.165) is 0 Å². The molecule has 3 aromatic heterocycles. The Hall–Kier alpha value is -3.86. The summed E-state index contributed by atoms with van der Waals surface area (Å²) in [6, 6.07) is 8.91.